The van der Waals surface area contributed by atoms with Crippen LogP contribution in [-0.4, -0.2) is 10.2 Å². The van der Waals surface area contributed by atoms with Gasteiger partial charge in [0.15, 0.2) is 11.5 Å². The summed E-state index contributed by atoms with van der Waals surface area (Å²) in [7, 11) is 0. The number of hydrogen-bond acceptors (Lipinski definition) is 4. The number of hydrogen-bond donors (Lipinski definition) is 2. The Morgan fingerprint density at radius 1 is 0.650 bits per heavy atom. The predicted molar refractivity (Wildman–Crippen MR) is 77.9 cm³/mol. The molecule has 0 spiro atoms. The molecule has 4 nitrogen and oxygen atoms in total. The zero-order valence-corrected chi connectivity index (χ0v) is 10.6. The highest BCUT2D eigenvalue weighted by molar-refractivity contribution is 5.92. The van der Waals surface area contributed by atoms with Gasteiger partial charge in [0.2, 0.25) is 0 Å². The number of aromatic hydroxyl groups is 2. The number of azo groups is 1. The van der Waals surface area contributed by atoms with E-state index >= 15 is 0 Å². The Kier molecular flexibility index (Phi) is 3.05. The van der Waals surface area contributed by atoms with Gasteiger partial charge in [-0.3, -0.25) is 0 Å². The van der Waals surface area contributed by atoms with Crippen LogP contribution < -0.4 is 0 Å². The summed E-state index contributed by atoms with van der Waals surface area (Å²) in [6, 6.07) is 18.2. The van der Waals surface area contributed by atoms with Crippen molar-refractivity contribution in [3.63, 3.8) is 0 Å². The maximum atomic E-state index is 9.69. The molecule has 0 aliphatic carbocycles. The van der Waals surface area contributed by atoms with E-state index in [1.165, 1.54) is 6.07 Å². The summed E-state index contributed by atoms with van der Waals surface area (Å²) in [5.41, 5.74) is 0.948. The van der Waals surface area contributed by atoms with Crippen LogP contribution in [0.3, 0.4) is 0 Å². The van der Waals surface area contributed by atoms with E-state index in [0.717, 1.165) is 10.8 Å². The van der Waals surface area contributed by atoms with E-state index in [1.54, 1.807) is 12.1 Å². The van der Waals surface area contributed by atoms with Crippen molar-refractivity contribution in [2.75, 3.05) is 0 Å². The minimum atomic E-state index is -0.267. The Bertz CT molecular complexity index is 792. The van der Waals surface area contributed by atoms with Crippen LogP contribution in [0.5, 0.6) is 11.5 Å². The first-order chi connectivity index (χ1) is 9.75. The van der Waals surface area contributed by atoms with Crippen molar-refractivity contribution in [2.24, 2.45) is 10.2 Å². The van der Waals surface area contributed by atoms with Gasteiger partial charge in [-0.05, 0) is 23.6 Å². The standard InChI is InChI=1S/C16H12N2O2/c19-15-10-4-9-14(16(15)20)18-17-13-8-3-6-11-5-1-2-7-12(11)13/h1-10,19-20H. The Morgan fingerprint density at radius 2 is 1.30 bits per heavy atom. The monoisotopic (exact) mass is 264 g/mol. The molecule has 3 rings (SSSR count). The van der Waals surface area contributed by atoms with Crippen molar-refractivity contribution in [1.29, 1.82) is 0 Å². The first-order valence-electron chi connectivity index (χ1n) is 6.16. The van der Waals surface area contributed by atoms with Gasteiger partial charge in [-0.1, -0.05) is 42.5 Å². The van der Waals surface area contributed by atoms with Crippen molar-refractivity contribution in [2.45, 2.75) is 0 Å². The number of para-hydroxylation sites is 1. The van der Waals surface area contributed by atoms with Crippen molar-refractivity contribution in [3.05, 3.63) is 60.7 Å². The lowest BCUT2D eigenvalue weighted by Crippen LogP contribution is -1.73. The van der Waals surface area contributed by atoms with Gasteiger partial charge >= 0.3 is 0 Å². The molecule has 0 heterocycles. The molecule has 0 saturated carbocycles. The number of phenols is 2. The molecule has 4 heteroatoms. The Morgan fingerprint density at radius 3 is 2.20 bits per heavy atom. The first-order valence-corrected chi connectivity index (χ1v) is 6.16. The van der Waals surface area contributed by atoms with Crippen LogP contribution in [0.4, 0.5) is 11.4 Å². The zero-order chi connectivity index (χ0) is 13.9. The molecule has 0 aliphatic heterocycles. The molecule has 0 fully saturated rings. The van der Waals surface area contributed by atoms with Gasteiger partial charge in [0.1, 0.15) is 5.69 Å². The second-order valence-corrected chi connectivity index (χ2v) is 4.34. The fourth-order valence-electron chi connectivity index (χ4n) is 2.00. The molecule has 0 bridgehead atoms. The average molecular weight is 264 g/mol. The number of phenolic OH excluding ortho intramolecular Hbond substituents is 2. The molecule has 0 aliphatic rings. The van der Waals surface area contributed by atoms with Crippen LogP contribution >= 0.6 is 0 Å². The topological polar surface area (TPSA) is 65.2 Å². The largest absolute Gasteiger partial charge is 0.504 e. The molecular weight excluding hydrogens is 252 g/mol. The lowest BCUT2D eigenvalue weighted by Gasteiger charge is -2.02. The Labute approximate surface area is 115 Å². The fraction of sp³-hybridized carbons (Fsp3) is 0. The van der Waals surface area contributed by atoms with Crippen molar-refractivity contribution in [3.8, 4) is 11.5 Å². The minimum absolute atomic E-state index is 0.209. The molecule has 3 aromatic carbocycles. The second-order valence-electron chi connectivity index (χ2n) is 4.34. The zero-order valence-electron chi connectivity index (χ0n) is 10.6. The molecule has 0 atom stereocenters. The van der Waals surface area contributed by atoms with Crippen LogP contribution in [-0.2, 0) is 0 Å². The maximum Gasteiger partial charge on any atom is 0.185 e. The van der Waals surface area contributed by atoms with Gasteiger partial charge < -0.3 is 10.2 Å². The highest BCUT2D eigenvalue weighted by Crippen LogP contribution is 2.36. The van der Waals surface area contributed by atoms with E-state index in [1.807, 2.05) is 42.5 Å². The van der Waals surface area contributed by atoms with Crippen molar-refractivity contribution < 1.29 is 10.2 Å². The lowest BCUT2D eigenvalue weighted by molar-refractivity contribution is 0.404. The van der Waals surface area contributed by atoms with Crippen LogP contribution in [0.25, 0.3) is 10.8 Å². The molecule has 0 saturated heterocycles. The smallest absolute Gasteiger partial charge is 0.185 e. The van der Waals surface area contributed by atoms with Gasteiger partial charge in [0, 0.05) is 5.39 Å². The predicted octanol–water partition coefficient (Wildman–Crippen LogP) is 4.67. The minimum Gasteiger partial charge on any atom is -0.504 e. The summed E-state index contributed by atoms with van der Waals surface area (Å²) in [4.78, 5) is 0. The van der Waals surface area contributed by atoms with Crippen LogP contribution in [0.1, 0.15) is 0 Å². The fourth-order valence-corrected chi connectivity index (χ4v) is 2.00. The van der Waals surface area contributed by atoms with Crippen LogP contribution in [0, 0.1) is 0 Å². The number of nitrogens with zero attached hydrogens (tertiary/aromatic N) is 2. The van der Waals surface area contributed by atoms with Gasteiger partial charge in [0.25, 0.3) is 0 Å². The number of benzene rings is 3. The molecule has 0 aromatic heterocycles. The summed E-state index contributed by atoms with van der Waals surface area (Å²) in [5.74, 6) is -0.476. The van der Waals surface area contributed by atoms with E-state index in [0.29, 0.717) is 5.69 Å². The van der Waals surface area contributed by atoms with E-state index in [4.69, 9.17) is 0 Å². The summed E-state index contributed by atoms with van der Waals surface area (Å²) in [6.45, 7) is 0. The van der Waals surface area contributed by atoms with E-state index in [-0.39, 0.29) is 17.2 Å². The highest BCUT2D eigenvalue weighted by Gasteiger charge is 2.05. The van der Waals surface area contributed by atoms with Crippen molar-refractivity contribution >= 4 is 22.1 Å². The summed E-state index contributed by atoms with van der Waals surface area (Å²) >= 11 is 0. The number of rotatable bonds is 2. The lowest BCUT2D eigenvalue weighted by atomic mass is 10.1. The highest BCUT2D eigenvalue weighted by atomic mass is 16.3. The van der Waals surface area contributed by atoms with Gasteiger partial charge in [0.05, 0.1) is 5.69 Å². The summed E-state index contributed by atoms with van der Waals surface area (Å²) in [5, 5.41) is 29.3. The van der Waals surface area contributed by atoms with Gasteiger partial charge in [-0.15, -0.1) is 10.2 Å². The third-order valence-electron chi connectivity index (χ3n) is 3.03. The molecule has 3 aromatic rings. The van der Waals surface area contributed by atoms with Crippen molar-refractivity contribution in [1.82, 2.24) is 0 Å². The second kappa shape index (κ2) is 5.01. The van der Waals surface area contributed by atoms with E-state index in [9.17, 15) is 10.2 Å². The molecular formula is C16H12N2O2. The third-order valence-corrected chi connectivity index (χ3v) is 3.03. The SMILES string of the molecule is Oc1cccc(N=Nc2cccc3ccccc23)c1O. The van der Waals surface area contributed by atoms with Crippen LogP contribution in [0.15, 0.2) is 70.9 Å². The summed E-state index contributed by atoms with van der Waals surface area (Å²) < 4.78 is 0. The quantitative estimate of drug-likeness (QED) is 0.522. The molecule has 20 heavy (non-hydrogen) atoms. The molecule has 98 valence electrons. The number of fused-ring (bicyclic) bond motifs is 1. The average Bonchev–Trinajstić information content (AvgIpc) is 2.49. The van der Waals surface area contributed by atoms with Crippen LogP contribution in [0.2, 0.25) is 0 Å². The Hall–Kier alpha value is -2.88. The van der Waals surface area contributed by atoms with Gasteiger partial charge in [-0.25, -0.2) is 0 Å². The molecule has 0 amide bonds. The molecule has 2 N–H and O–H groups in total. The molecule has 0 radical (unpaired) electrons. The maximum absolute atomic E-state index is 9.69. The normalized spacial score (nSPS) is 11.2. The molecule has 0 unspecified atom stereocenters. The van der Waals surface area contributed by atoms with E-state index < -0.39 is 0 Å². The third kappa shape index (κ3) is 2.19. The summed E-state index contributed by atoms with van der Waals surface area (Å²) in [6.07, 6.45) is 0. The first kappa shape index (κ1) is 12.2. The van der Waals surface area contributed by atoms with E-state index in [2.05, 4.69) is 10.2 Å². The Balaban J connectivity index is 2.05. The van der Waals surface area contributed by atoms with Gasteiger partial charge in [-0.2, -0.15) is 0 Å².